The lowest BCUT2D eigenvalue weighted by atomic mass is 10.2. The van der Waals surface area contributed by atoms with Crippen LogP contribution in [0.25, 0.3) is 0 Å². The van der Waals surface area contributed by atoms with Gasteiger partial charge >= 0.3 is 5.97 Å². The van der Waals surface area contributed by atoms with Crippen LogP contribution in [0.1, 0.15) is 18.9 Å². The molecule has 0 aliphatic rings. The molecule has 0 radical (unpaired) electrons. The number of benzene rings is 1. The van der Waals surface area contributed by atoms with Gasteiger partial charge in [0.15, 0.2) is 0 Å². The number of rotatable bonds is 7. The minimum atomic E-state index is -0.695. The summed E-state index contributed by atoms with van der Waals surface area (Å²) >= 11 is 3.39. The first-order chi connectivity index (χ1) is 9.01. The van der Waals surface area contributed by atoms with E-state index in [1.165, 1.54) is 0 Å². The maximum atomic E-state index is 11.2. The highest BCUT2D eigenvalue weighted by Gasteiger charge is 2.14. The summed E-state index contributed by atoms with van der Waals surface area (Å²) in [5, 5.41) is 9.79. The molecular weight excluding hydrogens is 310 g/mol. The predicted molar refractivity (Wildman–Crippen MR) is 77.7 cm³/mol. The number of carbonyl (C=O) groups is 1. The molecule has 1 atom stereocenters. The van der Waals surface area contributed by atoms with Crippen molar-refractivity contribution >= 4 is 21.9 Å². The Hall–Kier alpha value is -0.910. The maximum absolute atomic E-state index is 11.2. The van der Waals surface area contributed by atoms with Gasteiger partial charge in [-0.2, -0.15) is 0 Å². The summed E-state index contributed by atoms with van der Waals surface area (Å²) in [6.07, 6.45) is -0.655. The number of likely N-dealkylation sites (N-methyl/N-ethyl adjacent to an activating group) is 1. The van der Waals surface area contributed by atoms with Gasteiger partial charge in [0.2, 0.25) is 0 Å². The molecule has 1 aromatic rings. The van der Waals surface area contributed by atoms with Crippen LogP contribution in [-0.4, -0.2) is 42.3 Å². The molecule has 0 amide bonds. The Kier molecular flexibility index (Phi) is 7.05. The first-order valence-corrected chi connectivity index (χ1v) is 7.07. The number of carbonyl (C=O) groups excluding carboxylic acids is 1. The van der Waals surface area contributed by atoms with Crippen LogP contribution in [0.4, 0.5) is 0 Å². The van der Waals surface area contributed by atoms with Crippen molar-refractivity contribution in [1.82, 2.24) is 4.90 Å². The second-order valence-electron chi connectivity index (χ2n) is 4.49. The van der Waals surface area contributed by atoms with E-state index < -0.39 is 6.10 Å². The molecule has 106 valence electrons. The van der Waals surface area contributed by atoms with Crippen molar-refractivity contribution in [3.8, 4) is 0 Å². The highest BCUT2D eigenvalue weighted by Crippen LogP contribution is 2.12. The quantitative estimate of drug-likeness (QED) is 0.779. The van der Waals surface area contributed by atoms with E-state index in [0.717, 1.165) is 16.6 Å². The van der Waals surface area contributed by atoms with Crippen molar-refractivity contribution in [3.63, 3.8) is 0 Å². The molecule has 5 heteroatoms. The van der Waals surface area contributed by atoms with Gasteiger partial charge in [-0.3, -0.25) is 9.69 Å². The topological polar surface area (TPSA) is 49.8 Å². The molecule has 1 unspecified atom stereocenters. The van der Waals surface area contributed by atoms with Gasteiger partial charge in [-0.25, -0.2) is 0 Å². The Morgan fingerprint density at radius 3 is 2.63 bits per heavy atom. The van der Waals surface area contributed by atoms with Crippen LogP contribution in [-0.2, 0) is 16.1 Å². The van der Waals surface area contributed by atoms with Gasteiger partial charge in [-0.15, -0.1) is 0 Å². The Labute approximate surface area is 122 Å². The number of hydrogen-bond donors (Lipinski definition) is 1. The zero-order valence-electron chi connectivity index (χ0n) is 11.3. The van der Waals surface area contributed by atoms with E-state index in [-0.39, 0.29) is 12.4 Å². The van der Waals surface area contributed by atoms with Crippen LogP contribution in [0.2, 0.25) is 0 Å². The molecule has 1 N–H and O–H groups in total. The fourth-order valence-corrected chi connectivity index (χ4v) is 2.07. The molecule has 0 heterocycles. The fraction of sp³-hybridized carbons (Fsp3) is 0.500. The van der Waals surface area contributed by atoms with Crippen LogP contribution < -0.4 is 0 Å². The lowest BCUT2D eigenvalue weighted by molar-refractivity contribution is -0.145. The molecule has 0 aromatic heterocycles. The number of hydrogen-bond acceptors (Lipinski definition) is 4. The highest BCUT2D eigenvalue weighted by atomic mass is 79.9. The fourth-order valence-electron chi connectivity index (χ4n) is 1.80. The molecule has 1 aromatic carbocycles. The Morgan fingerprint density at radius 1 is 1.42 bits per heavy atom. The van der Waals surface area contributed by atoms with Crippen molar-refractivity contribution in [2.75, 3.05) is 20.2 Å². The molecule has 0 fully saturated rings. The van der Waals surface area contributed by atoms with Gasteiger partial charge in [0.25, 0.3) is 0 Å². The average molecular weight is 330 g/mol. The second-order valence-corrected chi connectivity index (χ2v) is 5.40. The smallest absolute Gasteiger partial charge is 0.308 e. The molecule has 0 saturated carbocycles. The van der Waals surface area contributed by atoms with Gasteiger partial charge < -0.3 is 9.84 Å². The number of halogens is 1. The lowest BCUT2D eigenvalue weighted by Gasteiger charge is -2.20. The standard InChI is InChI=1S/C14H20BrNO3/c1-3-19-14(18)8-13(17)10-16(2)9-11-4-6-12(15)7-5-11/h4-7,13,17H,3,8-10H2,1-2H3. The largest absolute Gasteiger partial charge is 0.466 e. The summed E-state index contributed by atoms with van der Waals surface area (Å²) in [6.45, 7) is 3.27. The van der Waals surface area contributed by atoms with Crippen LogP contribution in [0.15, 0.2) is 28.7 Å². The number of aliphatic hydroxyl groups is 1. The Bertz CT molecular complexity index is 394. The molecule has 0 bridgehead atoms. The molecule has 0 saturated heterocycles. The third kappa shape index (κ3) is 6.71. The summed E-state index contributed by atoms with van der Waals surface area (Å²) < 4.78 is 5.85. The minimum absolute atomic E-state index is 0.0402. The number of esters is 1. The van der Waals surface area contributed by atoms with Crippen molar-refractivity contribution < 1.29 is 14.6 Å². The third-order valence-electron chi connectivity index (χ3n) is 2.60. The van der Waals surface area contributed by atoms with Gasteiger partial charge in [0.05, 0.1) is 19.1 Å². The summed E-state index contributed by atoms with van der Waals surface area (Å²) in [6, 6.07) is 8.02. The zero-order valence-corrected chi connectivity index (χ0v) is 12.9. The highest BCUT2D eigenvalue weighted by molar-refractivity contribution is 9.10. The summed E-state index contributed by atoms with van der Waals surface area (Å²) in [7, 11) is 1.91. The molecule has 0 aliphatic heterocycles. The summed E-state index contributed by atoms with van der Waals surface area (Å²) in [4.78, 5) is 13.2. The molecule has 4 nitrogen and oxygen atoms in total. The maximum Gasteiger partial charge on any atom is 0.308 e. The first kappa shape index (κ1) is 16.1. The van der Waals surface area contributed by atoms with E-state index in [2.05, 4.69) is 15.9 Å². The summed E-state index contributed by atoms with van der Waals surface area (Å²) in [5.74, 6) is -0.355. The average Bonchev–Trinajstić information content (AvgIpc) is 2.32. The normalized spacial score (nSPS) is 12.5. The minimum Gasteiger partial charge on any atom is -0.466 e. The predicted octanol–water partition coefficient (Wildman–Crippen LogP) is 2.19. The number of nitrogens with zero attached hydrogens (tertiary/aromatic N) is 1. The summed E-state index contributed by atoms with van der Waals surface area (Å²) in [5.41, 5.74) is 1.16. The van der Waals surface area contributed by atoms with Gasteiger partial charge in [0, 0.05) is 17.6 Å². The van der Waals surface area contributed by atoms with Gasteiger partial charge in [0.1, 0.15) is 0 Å². The second kappa shape index (κ2) is 8.30. The molecule has 0 aliphatic carbocycles. The van der Waals surface area contributed by atoms with Gasteiger partial charge in [-0.05, 0) is 31.7 Å². The van der Waals surface area contributed by atoms with Crippen LogP contribution in [0, 0.1) is 0 Å². The van der Waals surface area contributed by atoms with E-state index in [4.69, 9.17) is 4.74 Å². The van der Waals surface area contributed by atoms with Crippen molar-refractivity contribution in [2.45, 2.75) is 26.0 Å². The van der Waals surface area contributed by atoms with Crippen molar-refractivity contribution in [3.05, 3.63) is 34.3 Å². The monoisotopic (exact) mass is 329 g/mol. The van der Waals surface area contributed by atoms with E-state index in [1.54, 1.807) is 6.92 Å². The van der Waals surface area contributed by atoms with Crippen molar-refractivity contribution in [2.24, 2.45) is 0 Å². The SMILES string of the molecule is CCOC(=O)CC(O)CN(C)Cc1ccc(Br)cc1. The van der Waals surface area contributed by atoms with Crippen LogP contribution in [0.3, 0.4) is 0 Å². The van der Waals surface area contributed by atoms with E-state index >= 15 is 0 Å². The lowest BCUT2D eigenvalue weighted by Crippen LogP contribution is -2.30. The Balaban J connectivity index is 2.35. The third-order valence-corrected chi connectivity index (χ3v) is 3.12. The molecule has 1 rings (SSSR count). The number of ether oxygens (including phenoxy) is 1. The van der Waals surface area contributed by atoms with Gasteiger partial charge in [-0.1, -0.05) is 28.1 Å². The van der Waals surface area contributed by atoms with E-state index in [9.17, 15) is 9.90 Å². The number of aliphatic hydroxyl groups excluding tert-OH is 1. The van der Waals surface area contributed by atoms with E-state index in [0.29, 0.717) is 13.2 Å². The van der Waals surface area contributed by atoms with Crippen molar-refractivity contribution in [1.29, 1.82) is 0 Å². The molecular formula is C14H20BrNO3. The zero-order chi connectivity index (χ0) is 14.3. The van der Waals surface area contributed by atoms with Crippen LogP contribution in [0.5, 0.6) is 0 Å². The molecule has 0 spiro atoms. The van der Waals surface area contributed by atoms with E-state index in [1.807, 2.05) is 36.2 Å². The Morgan fingerprint density at radius 2 is 2.05 bits per heavy atom. The van der Waals surface area contributed by atoms with Crippen LogP contribution >= 0.6 is 15.9 Å². The first-order valence-electron chi connectivity index (χ1n) is 6.28. The molecule has 19 heavy (non-hydrogen) atoms.